The van der Waals surface area contributed by atoms with Crippen LogP contribution in [0.25, 0.3) is 0 Å². The van der Waals surface area contributed by atoms with Gasteiger partial charge in [0, 0.05) is 12.2 Å². The van der Waals surface area contributed by atoms with Crippen LogP contribution in [-0.4, -0.2) is 19.9 Å². The molecule has 0 unspecified atom stereocenters. The number of benzene rings is 1. The second kappa shape index (κ2) is 5.50. The zero-order valence-electron chi connectivity index (χ0n) is 11.7. The van der Waals surface area contributed by atoms with Crippen molar-refractivity contribution in [3.05, 3.63) is 41.6 Å². The summed E-state index contributed by atoms with van der Waals surface area (Å²) in [6.07, 6.45) is 3.47. The number of anilines is 1. The zero-order valence-corrected chi connectivity index (χ0v) is 12.5. The maximum Gasteiger partial charge on any atom is 0.241 e. The van der Waals surface area contributed by atoms with Crippen LogP contribution in [-0.2, 0) is 23.0 Å². The lowest BCUT2D eigenvalue weighted by Crippen LogP contribution is -2.24. The highest BCUT2D eigenvalue weighted by atomic mass is 32.2. The van der Waals surface area contributed by atoms with Crippen LogP contribution in [0.15, 0.2) is 33.7 Å². The van der Waals surface area contributed by atoms with Gasteiger partial charge in [-0.05, 0) is 43.5 Å². The van der Waals surface area contributed by atoms with Gasteiger partial charge in [-0.1, -0.05) is 0 Å². The Kier molecular flexibility index (Phi) is 3.69. The monoisotopic (exact) mass is 307 g/mol. The zero-order chi connectivity index (χ0) is 14.9. The largest absolute Gasteiger partial charge is 0.445 e. The molecule has 0 atom stereocenters. The fourth-order valence-corrected chi connectivity index (χ4v) is 3.37. The SMILES string of the molecule is Cc1cnc(CNS(=O)(=O)c2ccc3c(c2)CCCN3)o1. The van der Waals surface area contributed by atoms with Crippen molar-refractivity contribution in [1.29, 1.82) is 0 Å². The molecule has 0 saturated carbocycles. The first-order valence-corrected chi connectivity index (χ1v) is 8.31. The molecule has 2 N–H and O–H groups in total. The van der Waals surface area contributed by atoms with Gasteiger partial charge in [0.2, 0.25) is 15.9 Å². The first kappa shape index (κ1) is 14.1. The molecule has 0 spiro atoms. The van der Waals surface area contributed by atoms with E-state index in [0.717, 1.165) is 30.6 Å². The van der Waals surface area contributed by atoms with Crippen LogP contribution in [0.1, 0.15) is 23.6 Å². The van der Waals surface area contributed by atoms with Crippen molar-refractivity contribution < 1.29 is 12.8 Å². The summed E-state index contributed by atoms with van der Waals surface area (Å²) in [6.45, 7) is 2.74. The van der Waals surface area contributed by atoms with E-state index in [1.165, 1.54) is 0 Å². The minimum atomic E-state index is -3.56. The van der Waals surface area contributed by atoms with Crippen LogP contribution in [0.4, 0.5) is 5.69 Å². The number of rotatable bonds is 4. The van der Waals surface area contributed by atoms with Gasteiger partial charge in [0.25, 0.3) is 0 Å². The average molecular weight is 307 g/mol. The van der Waals surface area contributed by atoms with Gasteiger partial charge in [-0.2, -0.15) is 0 Å². The normalized spacial score (nSPS) is 14.5. The molecule has 7 heteroatoms. The third kappa shape index (κ3) is 3.08. The minimum absolute atomic E-state index is 0.0471. The molecule has 0 fully saturated rings. The highest BCUT2D eigenvalue weighted by Gasteiger charge is 2.18. The highest BCUT2D eigenvalue weighted by Crippen LogP contribution is 2.24. The Bertz CT molecular complexity index is 753. The van der Waals surface area contributed by atoms with Crippen molar-refractivity contribution in [2.24, 2.45) is 0 Å². The predicted molar refractivity (Wildman–Crippen MR) is 78.5 cm³/mol. The maximum absolute atomic E-state index is 12.3. The van der Waals surface area contributed by atoms with Crippen LogP contribution >= 0.6 is 0 Å². The Morgan fingerprint density at radius 2 is 2.29 bits per heavy atom. The van der Waals surface area contributed by atoms with E-state index in [2.05, 4.69) is 15.0 Å². The number of nitrogens with zero attached hydrogens (tertiary/aromatic N) is 1. The summed E-state index contributed by atoms with van der Waals surface area (Å²) in [5.41, 5.74) is 2.06. The Labute approximate surface area is 123 Å². The topological polar surface area (TPSA) is 84.2 Å². The molecule has 2 heterocycles. The van der Waals surface area contributed by atoms with E-state index in [4.69, 9.17) is 4.42 Å². The number of aryl methyl sites for hydroxylation is 2. The van der Waals surface area contributed by atoms with Crippen molar-refractivity contribution in [3.8, 4) is 0 Å². The van der Waals surface area contributed by atoms with Crippen LogP contribution in [0.5, 0.6) is 0 Å². The predicted octanol–water partition coefficient (Wildman–Crippen LogP) is 1.82. The Balaban J connectivity index is 1.78. The lowest BCUT2D eigenvalue weighted by Gasteiger charge is -2.18. The number of fused-ring (bicyclic) bond motifs is 1. The minimum Gasteiger partial charge on any atom is -0.445 e. The van der Waals surface area contributed by atoms with Crippen LogP contribution in [0.3, 0.4) is 0 Å². The van der Waals surface area contributed by atoms with Crippen LogP contribution < -0.4 is 10.0 Å². The number of nitrogens with one attached hydrogen (secondary N) is 2. The third-order valence-electron chi connectivity index (χ3n) is 3.41. The maximum atomic E-state index is 12.3. The summed E-state index contributed by atoms with van der Waals surface area (Å²) in [6, 6.07) is 5.16. The van der Waals surface area contributed by atoms with Crippen molar-refractivity contribution in [3.63, 3.8) is 0 Å². The van der Waals surface area contributed by atoms with Gasteiger partial charge in [0.1, 0.15) is 5.76 Å². The molecular formula is C14H17N3O3S. The highest BCUT2D eigenvalue weighted by molar-refractivity contribution is 7.89. The van der Waals surface area contributed by atoms with Crippen molar-refractivity contribution in [2.45, 2.75) is 31.2 Å². The van der Waals surface area contributed by atoms with E-state index >= 15 is 0 Å². The Morgan fingerprint density at radius 1 is 1.43 bits per heavy atom. The second-order valence-corrected chi connectivity index (χ2v) is 6.81. The molecule has 1 aliphatic heterocycles. The molecule has 1 aliphatic rings. The van der Waals surface area contributed by atoms with E-state index in [9.17, 15) is 8.42 Å². The molecule has 0 amide bonds. The molecule has 1 aromatic heterocycles. The number of hydrogen-bond donors (Lipinski definition) is 2. The van der Waals surface area contributed by atoms with Crippen LogP contribution in [0, 0.1) is 6.92 Å². The molecule has 0 bridgehead atoms. The number of sulfonamides is 1. The summed E-state index contributed by atoms with van der Waals surface area (Å²) < 4.78 is 32.4. The number of oxazole rings is 1. The van der Waals surface area contributed by atoms with E-state index in [0.29, 0.717) is 11.7 Å². The molecule has 6 nitrogen and oxygen atoms in total. The second-order valence-electron chi connectivity index (χ2n) is 5.04. The molecule has 0 aliphatic carbocycles. The van der Waals surface area contributed by atoms with Gasteiger partial charge >= 0.3 is 0 Å². The smallest absolute Gasteiger partial charge is 0.241 e. The standard InChI is InChI=1S/C14H17N3O3S/c1-10-8-16-14(20-10)9-17-21(18,19)12-4-5-13-11(7-12)3-2-6-15-13/h4-5,7-8,15,17H,2-3,6,9H2,1H3. The first-order valence-electron chi connectivity index (χ1n) is 6.82. The van der Waals surface area contributed by atoms with E-state index in [-0.39, 0.29) is 11.4 Å². The summed E-state index contributed by atoms with van der Waals surface area (Å²) in [7, 11) is -3.56. The summed E-state index contributed by atoms with van der Waals surface area (Å²) in [5.74, 6) is 1.01. The third-order valence-corrected chi connectivity index (χ3v) is 4.81. The van der Waals surface area contributed by atoms with E-state index < -0.39 is 10.0 Å². The van der Waals surface area contributed by atoms with Gasteiger partial charge in [-0.15, -0.1) is 0 Å². The molecule has 21 heavy (non-hydrogen) atoms. The molecule has 2 aromatic rings. The molecule has 112 valence electrons. The van der Waals surface area contributed by atoms with Crippen molar-refractivity contribution in [2.75, 3.05) is 11.9 Å². The van der Waals surface area contributed by atoms with E-state index in [1.54, 1.807) is 25.3 Å². The fraction of sp³-hybridized carbons (Fsp3) is 0.357. The summed E-state index contributed by atoms with van der Waals surface area (Å²) in [5, 5.41) is 3.26. The molecule has 0 radical (unpaired) electrons. The van der Waals surface area contributed by atoms with Crippen molar-refractivity contribution >= 4 is 15.7 Å². The van der Waals surface area contributed by atoms with Crippen LogP contribution in [0.2, 0.25) is 0 Å². The van der Waals surface area contributed by atoms with Gasteiger partial charge < -0.3 is 9.73 Å². The van der Waals surface area contributed by atoms with E-state index in [1.807, 2.05) is 6.07 Å². The molecule has 3 rings (SSSR count). The Morgan fingerprint density at radius 3 is 3.05 bits per heavy atom. The summed E-state index contributed by atoms with van der Waals surface area (Å²) >= 11 is 0. The number of aromatic nitrogens is 1. The van der Waals surface area contributed by atoms with Gasteiger partial charge in [-0.3, -0.25) is 0 Å². The Hall–Kier alpha value is -1.86. The fourth-order valence-electron chi connectivity index (χ4n) is 2.34. The lowest BCUT2D eigenvalue weighted by atomic mass is 10.0. The van der Waals surface area contributed by atoms with Crippen molar-refractivity contribution in [1.82, 2.24) is 9.71 Å². The van der Waals surface area contributed by atoms with Gasteiger partial charge in [-0.25, -0.2) is 18.1 Å². The van der Waals surface area contributed by atoms with Gasteiger partial charge in [0.05, 0.1) is 17.6 Å². The number of hydrogen-bond acceptors (Lipinski definition) is 5. The quantitative estimate of drug-likeness (QED) is 0.900. The first-order chi connectivity index (χ1) is 10.0. The molecule has 0 saturated heterocycles. The molecular weight excluding hydrogens is 290 g/mol. The average Bonchev–Trinajstić information content (AvgIpc) is 2.90. The summed E-state index contributed by atoms with van der Waals surface area (Å²) in [4.78, 5) is 4.25. The molecule has 1 aromatic carbocycles. The lowest BCUT2D eigenvalue weighted by molar-refractivity contribution is 0.463. The van der Waals surface area contributed by atoms with Gasteiger partial charge in [0.15, 0.2) is 0 Å².